The highest BCUT2D eigenvalue weighted by atomic mass is 35.5. The number of benzene rings is 1. The Morgan fingerprint density at radius 2 is 2.04 bits per heavy atom. The quantitative estimate of drug-likeness (QED) is 0.839. The molecular formula is C18H22ClN3O2. The van der Waals surface area contributed by atoms with Crippen LogP contribution in [-0.2, 0) is 11.2 Å². The zero-order valence-corrected chi connectivity index (χ0v) is 14.6. The first kappa shape index (κ1) is 17.0. The average molecular weight is 348 g/mol. The molecule has 6 heteroatoms. The Labute approximate surface area is 147 Å². The van der Waals surface area contributed by atoms with E-state index in [1.54, 1.807) is 12.1 Å². The maximum Gasteiger partial charge on any atom is 0.247 e. The van der Waals surface area contributed by atoms with Crippen LogP contribution in [0.5, 0.6) is 0 Å². The highest BCUT2D eigenvalue weighted by Gasteiger charge is 2.19. The molecule has 0 N–H and O–H groups in total. The molecule has 0 spiro atoms. The molecule has 5 nitrogen and oxygen atoms in total. The molecule has 1 amide bonds. The van der Waals surface area contributed by atoms with Gasteiger partial charge in [0.15, 0.2) is 0 Å². The van der Waals surface area contributed by atoms with E-state index in [2.05, 4.69) is 17.1 Å². The van der Waals surface area contributed by atoms with E-state index in [0.717, 1.165) is 31.5 Å². The van der Waals surface area contributed by atoms with Gasteiger partial charge in [0.05, 0.1) is 0 Å². The van der Waals surface area contributed by atoms with Gasteiger partial charge in [-0.15, -0.1) is 10.2 Å². The molecular weight excluding hydrogens is 326 g/mol. The van der Waals surface area contributed by atoms with Crippen LogP contribution in [0.1, 0.15) is 38.5 Å². The van der Waals surface area contributed by atoms with Crippen LogP contribution in [-0.4, -0.2) is 34.1 Å². The highest BCUT2D eigenvalue weighted by Crippen LogP contribution is 2.21. The van der Waals surface area contributed by atoms with Crippen molar-refractivity contribution >= 4 is 17.5 Å². The number of rotatable bonds is 4. The van der Waals surface area contributed by atoms with Crippen LogP contribution >= 0.6 is 11.6 Å². The third kappa shape index (κ3) is 4.35. The van der Waals surface area contributed by atoms with Crippen LogP contribution in [0.2, 0.25) is 5.02 Å². The molecule has 2 heterocycles. The fraction of sp³-hybridized carbons (Fsp3) is 0.500. The van der Waals surface area contributed by atoms with E-state index in [-0.39, 0.29) is 5.91 Å². The zero-order valence-electron chi connectivity index (χ0n) is 13.9. The summed E-state index contributed by atoms with van der Waals surface area (Å²) in [5.74, 6) is 1.84. The summed E-state index contributed by atoms with van der Waals surface area (Å²) in [5.41, 5.74) is 0.825. The fourth-order valence-corrected chi connectivity index (χ4v) is 3.07. The van der Waals surface area contributed by atoms with Crippen molar-refractivity contribution in [2.45, 2.75) is 39.0 Å². The minimum absolute atomic E-state index is 0.176. The Balaban J connectivity index is 1.55. The second-order valence-electron chi connectivity index (χ2n) is 6.42. The van der Waals surface area contributed by atoms with Gasteiger partial charge in [-0.2, -0.15) is 0 Å². The number of carbonyl (C=O) groups is 1. The molecule has 1 saturated heterocycles. The van der Waals surface area contributed by atoms with Gasteiger partial charge in [0, 0.05) is 36.5 Å². The number of amides is 1. The fourth-order valence-electron chi connectivity index (χ4n) is 2.95. The minimum Gasteiger partial charge on any atom is -0.421 e. The van der Waals surface area contributed by atoms with Gasteiger partial charge in [0.25, 0.3) is 0 Å². The number of hydrogen-bond acceptors (Lipinski definition) is 4. The minimum atomic E-state index is 0.176. The van der Waals surface area contributed by atoms with E-state index in [4.69, 9.17) is 16.0 Å². The van der Waals surface area contributed by atoms with Gasteiger partial charge in [-0.1, -0.05) is 18.5 Å². The van der Waals surface area contributed by atoms with Crippen LogP contribution in [0.3, 0.4) is 0 Å². The first-order chi connectivity index (χ1) is 11.6. The Hall–Kier alpha value is -1.88. The van der Waals surface area contributed by atoms with Crippen molar-refractivity contribution in [3.63, 3.8) is 0 Å². The summed E-state index contributed by atoms with van der Waals surface area (Å²) >= 11 is 5.87. The van der Waals surface area contributed by atoms with Gasteiger partial charge in [0.1, 0.15) is 0 Å². The molecule has 1 aliphatic heterocycles. The molecule has 1 fully saturated rings. The van der Waals surface area contributed by atoms with Crippen molar-refractivity contribution in [1.29, 1.82) is 0 Å². The van der Waals surface area contributed by atoms with Gasteiger partial charge in [-0.05, 0) is 49.4 Å². The third-order valence-electron chi connectivity index (χ3n) is 4.48. The summed E-state index contributed by atoms with van der Waals surface area (Å²) in [4.78, 5) is 14.3. The number of carbonyl (C=O) groups excluding carboxylic acids is 1. The van der Waals surface area contributed by atoms with E-state index in [9.17, 15) is 4.79 Å². The second kappa shape index (κ2) is 7.79. The summed E-state index contributed by atoms with van der Waals surface area (Å²) in [6.45, 7) is 3.98. The van der Waals surface area contributed by atoms with E-state index >= 15 is 0 Å². The Kier molecular flexibility index (Phi) is 5.51. The molecule has 0 saturated carbocycles. The van der Waals surface area contributed by atoms with Gasteiger partial charge in [0.2, 0.25) is 17.7 Å². The lowest BCUT2D eigenvalue weighted by Crippen LogP contribution is -2.32. The molecule has 3 rings (SSSR count). The number of aromatic nitrogens is 2. The van der Waals surface area contributed by atoms with Crippen molar-refractivity contribution in [3.05, 3.63) is 35.2 Å². The summed E-state index contributed by atoms with van der Waals surface area (Å²) in [6, 6.07) is 7.24. The van der Waals surface area contributed by atoms with Crippen molar-refractivity contribution in [3.8, 4) is 11.5 Å². The van der Waals surface area contributed by atoms with E-state index in [0.29, 0.717) is 35.6 Å². The Morgan fingerprint density at radius 1 is 1.25 bits per heavy atom. The monoisotopic (exact) mass is 347 g/mol. The summed E-state index contributed by atoms with van der Waals surface area (Å²) in [7, 11) is 0. The van der Waals surface area contributed by atoms with Gasteiger partial charge in [-0.25, -0.2) is 0 Å². The van der Waals surface area contributed by atoms with Crippen LogP contribution < -0.4 is 0 Å². The summed E-state index contributed by atoms with van der Waals surface area (Å²) in [6.07, 6.45) is 4.28. The molecule has 0 aliphatic carbocycles. The van der Waals surface area contributed by atoms with Crippen molar-refractivity contribution in [2.24, 2.45) is 5.92 Å². The van der Waals surface area contributed by atoms with E-state index in [1.807, 2.05) is 17.0 Å². The SMILES string of the molecule is C[C@@H]1CCCN(C(=O)CCc2nnc(-c3ccc(Cl)cc3)o2)CC1. The number of hydrogen-bond donors (Lipinski definition) is 0. The predicted molar refractivity (Wildman–Crippen MR) is 92.7 cm³/mol. The lowest BCUT2D eigenvalue weighted by molar-refractivity contribution is -0.131. The number of likely N-dealkylation sites (tertiary alicyclic amines) is 1. The largest absolute Gasteiger partial charge is 0.421 e. The average Bonchev–Trinajstić information content (AvgIpc) is 2.94. The maximum absolute atomic E-state index is 12.4. The molecule has 1 aliphatic rings. The number of halogens is 1. The molecule has 2 aromatic rings. The van der Waals surface area contributed by atoms with Gasteiger partial charge < -0.3 is 9.32 Å². The smallest absolute Gasteiger partial charge is 0.247 e. The van der Waals surface area contributed by atoms with Crippen LogP contribution in [0.4, 0.5) is 0 Å². The summed E-state index contributed by atoms with van der Waals surface area (Å²) < 4.78 is 5.65. The summed E-state index contributed by atoms with van der Waals surface area (Å²) in [5, 5.41) is 8.75. The number of nitrogens with zero attached hydrogens (tertiary/aromatic N) is 3. The molecule has 0 bridgehead atoms. The molecule has 1 aromatic heterocycles. The van der Waals surface area contributed by atoms with E-state index < -0.39 is 0 Å². The Bertz CT molecular complexity index is 684. The first-order valence-corrected chi connectivity index (χ1v) is 8.85. The highest BCUT2D eigenvalue weighted by molar-refractivity contribution is 6.30. The lowest BCUT2D eigenvalue weighted by atomic mass is 10.0. The normalized spacial score (nSPS) is 18.4. The van der Waals surface area contributed by atoms with Crippen LogP contribution in [0.25, 0.3) is 11.5 Å². The Morgan fingerprint density at radius 3 is 2.83 bits per heavy atom. The predicted octanol–water partition coefficient (Wildman–Crippen LogP) is 3.97. The lowest BCUT2D eigenvalue weighted by Gasteiger charge is -2.20. The second-order valence-corrected chi connectivity index (χ2v) is 6.86. The zero-order chi connectivity index (χ0) is 16.9. The van der Waals surface area contributed by atoms with Gasteiger partial charge in [-0.3, -0.25) is 4.79 Å². The third-order valence-corrected chi connectivity index (χ3v) is 4.73. The topological polar surface area (TPSA) is 59.2 Å². The molecule has 128 valence electrons. The molecule has 1 aromatic carbocycles. The van der Waals surface area contributed by atoms with Crippen LogP contribution in [0.15, 0.2) is 28.7 Å². The standard InChI is InChI=1S/C18H22ClN3O2/c1-13-3-2-11-22(12-10-13)17(23)9-8-16-20-21-18(24-16)14-4-6-15(19)7-5-14/h4-7,13H,2-3,8-12H2,1H3/t13-/m1/s1. The molecule has 24 heavy (non-hydrogen) atoms. The van der Waals surface area contributed by atoms with Crippen molar-refractivity contribution in [2.75, 3.05) is 13.1 Å². The molecule has 0 unspecified atom stereocenters. The van der Waals surface area contributed by atoms with Crippen molar-refractivity contribution in [1.82, 2.24) is 15.1 Å². The maximum atomic E-state index is 12.4. The molecule has 0 radical (unpaired) electrons. The number of aryl methyl sites for hydroxylation is 1. The van der Waals surface area contributed by atoms with Gasteiger partial charge >= 0.3 is 0 Å². The van der Waals surface area contributed by atoms with Crippen LogP contribution in [0, 0.1) is 5.92 Å². The first-order valence-electron chi connectivity index (χ1n) is 8.48. The van der Waals surface area contributed by atoms with Crippen molar-refractivity contribution < 1.29 is 9.21 Å². The van der Waals surface area contributed by atoms with E-state index in [1.165, 1.54) is 6.42 Å². The molecule has 1 atom stereocenters.